The van der Waals surface area contributed by atoms with E-state index in [1.807, 2.05) is 7.05 Å². The van der Waals surface area contributed by atoms with Crippen LogP contribution in [0, 0.1) is 5.92 Å². The Bertz CT molecular complexity index is 958. The summed E-state index contributed by atoms with van der Waals surface area (Å²) in [7, 11) is 1.96. The summed E-state index contributed by atoms with van der Waals surface area (Å²) in [6, 6.07) is 6.27. The fourth-order valence-electron chi connectivity index (χ4n) is 4.50. The van der Waals surface area contributed by atoms with Gasteiger partial charge in [0.15, 0.2) is 0 Å². The number of carbonyl (C=O) groups excluding carboxylic acids is 1. The molecule has 35 heavy (non-hydrogen) atoms. The topological polar surface area (TPSA) is 59.4 Å². The van der Waals surface area contributed by atoms with Crippen LogP contribution in [-0.4, -0.2) is 59.0 Å². The van der Waals surface area contributed by atoms with E-state index in [-0.39, 0.29) is 30.3 Å². The van der Waals surface area contributed by atoms with E-state index in [0.29, 0.717) is 19.3 Å². The first-order valence-corrected chi connectivity index (χ1v) is 13.4. The van der Waals surface area contributed by atoms with Crippen molar-refractivity contribution >= 4 is 29.5 Å². The third kappa shape index (κ3) is 7.64. The molecule has 1 aliphatic heterocycles. The average molecular weight is 511 g/mol. The molecule has 9 heteroatoms. The second-order valence-electron chi connectivity index (χ2n) is 10.6. The minimum Gasteiger partial charge on any atom is -0.462 e. The predicted octanol–water partition coefficient (Wildman–Crippen LogP) is 5.64. The first-order chi connectivity index (χ1) is 16.6. The van der Waals surface area contributed by atoms with Gasteiger partial charge in [-0.05, 0) is 68.9 Å². The SMILES string of the molecule is CC(C)(C)c1nc2cc(SN3CC(OC=O)C3)ccc2n1CC1CCC(F)(F)CC1.CCCNC. The summed E-state index contributed by atoms with van der Waals surface area (Å²) in [5.74, 6) is -1.24. The standard InChI is InChI=1S/C22H29F2N3O2S.C4H11N/c1-21(2,3)20-25-18-10-17(30-26-12-16(13-26)29-14-28)4-5-19(18)27(20)11-15-6-8-22(23,24)9-7-15;1-3-4-5-2/h4-5,10,14-16H,6-9,11-13H2,1-3H3;5H,3-4H2,1-2H3. The van der Waals surface area contributed by atoms with Crippen molar-refractivity contribution in [3.8, 4) is 0 Å². The lowest BCUT2D eigenvalue weighted by Crippen LogP contribution is -2.47. The molecule has 6 nitrogen and oxygen atoms in total. The highest BCUT2D eigenvalue weighted by molar-refractivity contribution is 7.97. The predicted molar refractivity (Wildman–Crippen MR) is 138 cm³/mol. The molecule has 0 atom stereocenters. The molecule has 1 saturated carbocycles. The number of alkyl halides is 2. The van der Waals surface area contributed by atoms with Crippen molar-refractivity contribution in [3.63, 3.8) is 0 Å². The zero-order chi connectivity index (χ0) is 25.6. The van der Waals surface area contributed by atoms with E-state index < -0.39 is 5.92 Å². The molecule has 1 saturated heterocycles. The van der Waals surface area contributed by atoms with Gasteiger partial charge in [0.1, 0.15) is 11.9 Å². The van der Waals surface area contributed by atoms with E-state index >= 15 is 0 Å². The number of fused-ring (bicyclic) bond motifs is 1. The number of rotatable bonds is 8. The Hall–Kier alpha value is -1.71. The zero-order valence-electron chi connectivity index (χ0n) is 21.7. The van der Waals surface area contributed by atoms with E-state index in [0.717, 1.165) is 47.9 Å². The van der Waals surface area contributed by atoms with Gasteiger partial charge in [-0.3, -0.25) is 4.79 Å². The minimum atomic E-state index is -2.50. The second-order valence-corrected chi connectivity index (χ2v) is 11.8. The Morgan fingerprint density at radius 1 is 1.26 bits per heavy atom. The number of hydrogen-bond donors (Lipinski definition) is 1. The molecule has 0 unspecified atom stereocenters. The van der Waals surface area contributed by atoms with Gasteiger partial charge in [-0.2, -0.15) is 0 Å². The second kappa shape index (κ2) is 12.0. The number of benzene rings is 1. The molecule has 1 aromatic heterocycles. The van der Waals surface area contributed by atoms with Gasteiger partial charge < -0.3 is 14.6 Å². The summed E-state index contributed by atoms with van der Waals surface area (Å²) in [6.07, 6.45) is 2.30. The monoisotopic (exact) mass is 510 g/mol. The van der Waals surface area contributed by atoms with Crippen molar-refractivity contribution in [1.29, 1.82) is 0 Å². The van der Waals surface area contributed by atoms with Crippen LogP contribution in [0.25, 0.3) is 11.0 Å². The smallest absolute Gasteiger partial charge is 0.293 e. The molecule has 0 radical (unpaired) electrons. The summed E-state index contributed by atoms with van der Waals surface area (Å²) in [5, 5.41) is 3.02. The van der Waals surface area contributed by atoms with Crippen molar-refractivity contribution < 1.29 is 18.3 Å². The van der Waals surface area contributed by atoms with Crippen molar-refractivity contribution in [1.82, 2.24) is 19.2 Å². The van der Waals surface area contributed by atoms with Gasteiger partial charge >= 0.3 is 0 Å². The van der Waals surface area contributed by atoms with Crippen molar-refractivity contribution in [3.05, 3.63) is 24.0 Å². The average Bonchev–Trinajstić information content (AvgIpc) is 3.13. The van der Waals surface area contributed by atoms with Gasteiger partial charge in [-0.1, -0.05) is 27.7 Å². The summed E-state index contributed by atoms with van der Waals surface area (Å²) in [4.78, 5) is 16.5. The van der Waals surface area contributed by atoms with Gasteiger partial charge in [0.05, 0.1) is 11.0 Å². The van der Waals surface area contributed by atoms with Crippen LogP contribution in [0.15, 0.2) is 23.1 Å². The molecular formula is C26H40F2N4O2S. The maximum Gasteiger partial charge on any atom is 0.293 e. The minimum absolute atomic E-state index is 0.0133. The van der Waals surface area contributed by atoms with E-state index in [4.69, 9.17) is 9.72 Å². The van der Waals surface area contributed by atoms with Gasteiger partial charge in [-0.25, -0.2) is 18.1 Å². The first kappa shape index (κ1) is 27.9. The largest absolute Gasteiger partial charge is 0.462 e. The fourth-order valence-corrected chi connectivity index (χ4v) is 5.58. The van der Waals surface area contributed by atoms with E-state index in [1.165, 1.54) is 6.42 Å². The quantitative estimate of drug-likeness (QED) is 0.366. The number of aromatic nitrogens is 2. The summed E-state index contributed by atoms with van der Waals surface area (Å²) < 4.78 is 36.5. The Balaban J connectivity index is 0.000000623. The highest BCUT2D eigenvalue weighted by atomic mass is 32.2. The molecule has 0 bridgehead atoms. The third-order valence-electron chi connectivity index (χ3n) is 6.47. The van der Waals surface area contributed by atoms with Crippen LogP contribution in [0.1, 0.15) is 65.6 Å². The fraction of sp³-hybridized carbons (Fsp3) is 0.692. The number of halogens is 2. The molecule has 1 aliphatic carbocycles. The maximum atomic E-state index is 13.6. The molecule has 4 rings (SSSR count). The van der Waals surface area contributed by atoms with Gasteiger partial charge in [0, 0.05) is 42.8 Å². The Morgan fingerprint density at radius 2 is 1.94 bits per heavy atom. The molecule has 2 heterocycles. The number of ether oxygens (including phenoxy) is 1. The Labute approximate surface area is 212 Å². The van der Waals surface area contributed by atoms with Crippen LogP contribution in [0.5, 0.6) is 0 Å². The van der Waals surface area contributed by atoms with Gasteiger partial charge in [0.25, 0.3) is 6.47 Å². The van der Waals surface area contributed by atoms with Crippen molar-refractivity contribution in [2.75, 3.05) is 26.7 Å². The van der Waals surface area contributed by atoms with Crippen molar-refractivity contribution in [2.24, 2.45) is 5.92 Å². The Morgan fingerprint density at radius 3 is 2.49 bits per heavy atom. The number of hydrogen-bond acceptors (Lipinski definition) is 6. The zero-order valence-corrected chi connectivity index (χ0v) is 22.5. The molecule has 0 spiro atoms. The van der Waals surface area contributed by atoms with Crippen LogP contribution in [0.4, 0.5) is 8.78 Å². The van der Waals surface area contributed by atoms with Gasteiger partial charge in [-0.15, -0.1) is 0 Å². The molecule has 2 fully saturated rings. The number of nitrogens with one attached hydrogen (secondary N) is 1. The molecule has 1 N–H and O–H groups in total. The molecule has 2 aliphatic rings. The van der Waals surface area contributed by atoms with Crippen LogP contribution in [0.3, 0.4) is 0 Å². The van der Waals surface area contributed by atoms with E-state index in [9.17, 15) is 13.6 Å². The maximum absolute atomic E-state index is 13.6. The van der Waals surface area contributed by atoms with Crippen molar-refractivity contribution in [2.45, 2.75) is 88.7 Å². The summed E-state index contributed by atoms with van der Waals surface area (Å²) >= 11 is 1.64. The Kier molecular flexibility index (Phi) is 9.57. The lowest BCUT2D eigenvalue weighted by molar-refractivity contribution is -0.138. The van der Waals surface area contributed by atoms with Gasteiger partial charge in [0.2, 0.25) is 5.92 Å². The molecule has 196 valence electrons. The number of nitrogens with zero attached hydrogens (tertiary/aromatic N) is 3. The molecule has 0 amide bonds. The summed E-state index contributed by atoms with van der Waals surface area (Å²) in [5.41, 5.74) is 1.86. The molecule has 2 aromatic rings. The number of carbonyl (C=O) groups is 1. The van der Waals surface area contributed by atoms with Crippen LogP contribution in [0.2, 0.25) is 0 Å². The van der Waals surface area contributed by atoms with E-state index in [1.54, 1.807) is 11.9 Å². The van der Waals surface area contributed by atoms with Crippen LogP contribution in [-0.2, 0) is 21.5 Å². The third-order valence-corrected chi connectivity index (χ3v) is 7.49. The highest BCUT2D eigenvalue weighted by Crippen LogP contribution is 2.38. The van der Waals surface area contributed by atoms with E-state index in [2.05, 4.69) is 60.1 Å². The number of imidazole rings is 1. The molecule has 1 aromatic carbocycles. The van der Waals surface area contributed by atoms with Crippen LogP contribution >= 0.6 is 11.9 Å². The summed E-state index contributed by atoms with van der Waals surface area (Å²) in [6.45, 7) is 12.4. The van der Waals surface area contributed by atoms with Crippen LogP contribution < -0.4 is 5.32 Å². The first-order valence-electron chi connectivity index (χ1n) is 12.6. The lowest BCUT2D eigenvalue weighted by Gasteiger charge is -2.36. The lowest BCUT2D eigenvalue weighted by atomic mass is 9.86. The highest BCUT2D eigenvalue weighted by Gasteiger charge is 2.36. The molecular weight excluding hydrogens is 470 g/mol. The normalized spacial score (nSPS) is 19.2.